The average Bonchev–Trinajstić information content (AvgIpc) is 3.20. The van der Waals surface area contributed by atoms with Crippen molar-refractivity contribution in [3.8, 4) is 11.5 Å². The zero-order chi connectivity index (χ0) is 24.8. The number of benzene rings is 3. The molecule has 2 atom stereocenters. The molecule has 3 aliphatic rings. The number of nitrogens with zero attached hydrogens (tertiary/aromatic N) is 1. The molecule has 3 aromatic rings. The number of Topliss-reactive ketones (excluding diaryl/α,β-unsaturated/α-hetero) is 2. The fourth-order valence-electron chi connectivity index (χ4n) is 5.44. The summed E-state index contributed by atoms with van der Waals surface area (Å²) < 4.78 is 10.7. The number of hydrogen-bond donors (Lipinski definition) is 0. The number of rotatable bonds is 4. The molecule has 1 aliphatic heterocycles. The molecule has 0 aromatic heterocycles. The van der Waals surface area contributed by atoms with Crippen LogP contribution in [0.5, 0.6) is 11.5 Å². The van der Waals surface area contributed by atoms with Gasteiger partial charge >= 0.3 is 5.97 Å². The molecule has 0 saturated carbocycles. The summed E-state index contributed by atoms with van der Waals surface area (Å²) in [6.07, 6.45) is 1.95. The van der Waals surface area contributed by atoms with Gasteiger partial charge in [0.15, 0.2) is 11.6 Å². The van der Waals surface area contributed by atoms with E-state index in [0.717, 1.165) is 35.4 Å². The van der Waals surface area contributed by atoms with Gasteiger partial charge < -0.3 is 9.47 Å². The van der Waals surface area contributed by atoms with Crippen LogP contribution in [0.4, 0.5) is 0 Å². The highest BCUT2D eigenvalue weighted by Crippen LogP contribution is 2.48. The van der Waals surface area contributed by atoms with Crippen LogP contribution >= 0.6 is 0 Å². The third-order valence-corrected chi connectivity index (χ3v) is 7.15. The van der Waals surface area contributed by atoms with Gasteiger partial charge in [0.1, 0.15) is 11.5 Å². The zero-order valence-corrected chi connectivity index (χ0v) is 19.7. The largest absolute Gasteiger partial charge is 0.497 e. The molecule has 0 bridgehead atoms. The number of methoxy groups -OCH3 is 1. The van der Waals surface area contributed by atoms with Crippen molar-refractivity contribution in [2.45, 2.75) is 25.2 Å². The van der Waals surface area contributed by atoms with Crippen LogP contribution in [0.15, 0.2) is 89.1 Å². The van der Waals surface area contributed by atoms with Gasteiger partial charge in [-0.15, -0.1) is 0 Å². The van der Waals surface area contributed by atoms with Crippen LogP contribution in [-0.4, -0.2) is 30.4 Å². The number of ketones is 2. The maximum atomic E-state index is 13.5. The highest BCUT2D eigenvalue weighted by molar-refractivity contribution is 6.30. The summed E-state index contributed by atoms with van der Waals surface area (Å²) in [5.74, 6) is -0.332. The molecule has 0 amide bonds. The SMILES string of the molecule is COc1ccc(C(=O)Oc2ccc([C@@H]3C4=C(CCCC4=O)N=C4c5ccccc5C(=O)[C@@H]43)cc2)cc1. The Labute approximate surface area is 208 Å². The molecule has 0 saturated heterocycles. The van der Waals surface area contributed by atoms with Gasteiger partial charge in [0.05, 0.1) is 24.3 Å². The third kappa shape index (κ3) is 3.57. The lowest BCUT2D eigenvalue weighted by atomic mass is 9.71. The molecule has 178 valence electrons. The van der Waals surface area contributed by atoms with Gasteiger partial charge in [-0.05, 0) is 54.8 Å². The normalized spacial score (nSPS) is 20.3. The van der Waals surface area contributed by atoms with E-state index in [1.807, 2.05) is 36.4 Å². The number of carbonyl (C=O) groups is 3. The number of allylic oxidation sites excluding steroid dienone is 2. The van der Waals surface area contributed by atoms with Crippen molar-refractivity contribution in [1.29, 1.82) is 0 Å². The molecule has 0 unspecified atom stereocenters. The van der Waals surface area contributed by atoms with E-state index in [1.165, 1.54) is 0 Å². The summed E-state index contributed by atoms with van der Waals surface area (Å²) in [5, 5.41) is 0. The lowest BCUT2D eigenvalue weighted by Gasteiger charge is -2.33. The van der Waals surface area contributed by atoms with E-state index in [0.29, 0.717) is 34.6 Å². The van der Waals surface area contributed by atoms with Crippen molar-refractivity contribution in [3.63, 3.8) is 0 Å². The van der Waals surface area contributed by atoms with Crippen LogP contribution in [0.2, 0.25) is 0 Å². The molecule has 6 rings (SSSR count). The zero-order valence-electron chi connectivity index (χ0n) is 19.7. The number of fused-ring (bicyclic) bond motifs is 3. The van der Waals surface area contributed by atoms with Crippen molar-refractivity contribution in [2.24, 2.45) is 10.9 Å². The Hall–Kier alpha value is -4.32. The lowest BCUT2D eigenvalue weighted by Crippen LogP contribution is -2.33. The molecule has 2 aliphatic carbocycles. The molecule has 36 heavy (non-hydrogen) atoms. The molecule has 0 N–H and O–H groups in total. The van der Waals surface area contributed by atoms with Crippen LogP contribution in [0, 0.1) is 5.92 Å². The molecule has 6 nitrogen and oxygen atoms in total. The van der Waals surface area contributed by atoms with Crippen molar-refractivity contribution in [3.05, 3.63) is 106 Å². The Balaban J connectivity index is 1.33. The minimum Gasteiger partial charge on any atom is -0.497 e. The molecule has 0 fully saturated rings. The monoisotopic (exact) mass is 477 g/mol. The van der Waals surface area contributed by atoms with Crippen LogP contribution in [-0.2, 0) is 4.79 Å². The van der Waals surface area contributed by atoms with Crippen LogP contribution < -0.4 is 9.47 Å². The molecular weight excluding hydrogens is 454 g/mol. The topological polar surface area (TPSA) is 82.0 Å². The van der Waals surface area contributed by atoms with Gasteiger partial charge in [0, 0.05) is 34.7 Å². The first kappa shape index (κ1) is 22.2. The van der Waals surface area contributed by atoms with Crippen molar-refractivity contribution < 1.29 is 23.9 Å². The minimum atomic E-state index is -0.532. The Bertz CT molecular complexity index is 1460. The Kier molecular flexibility index (Phi) is 5.37. The summed E-state index contributed by atoms with van der Waals surface area (Å²) in [5.41, 5.74) is 4.95. The number of aliphatic imine (C=N–C) groups is 1. The van der Waals surface area contributed by atoms with Crippen molar-refractivity contribution in [2.75, 3.05) is 7.11 Å². The fraction of sp³-hybridized carbons (Fsp3) is 0.200. The average molecular weight is 478 g/mol. The van der Waals surface area contributed by atoms with E-state index >= 15 is 0 Å². The summed E-state index contributed by atoms with van der Waals surface area (Å²) in [4.78, 5) is 44.0. The minimum absolute atomic E-state index is 0.00529. The Morgan fingerprint density at radius 1 is 0.833 bits per heavy atom. The second kappa shape index (κ2) is 8.72. The smallest absolute Gasteiger partial charge is 0.343 e. The molecule has 0 radical (unpaired) electrons. The molecule has 0 spiro atoms. The standard InChI is InChI=1S/C30H23NO5/c1-35-19-13-11-18(12-14-19)30(34)36-20-15-9-17(10-16-20)25-26-23(7-4-8-24(26)32)31-28-21-5-2-3-6-22(21)29(33)27(25)28/h2-3,5-6,9-16,25,27H,4,7-8H2,1H3/t25-,27-/m1/s1. The van der Waals surface area contributed by atoms with Gasteiger partial charge in [-0.1, -0.05) is 36.4 Å². The predicted octanol–water partition coefficient (Wildman–Crippen LogP) is 5.32. The number of esters is 1. The first-order valence-electron chi connectivity index (χ1n) is 12.0. The third-order valence-electron chi connectivity index (χ3n) is 7.15. The number of ether oxygens (including phenoxy) is 2. The van der Waals surface area contributed by atoms with Crippen LogP contribution in [0.1, 0.15) is 57.0 Å². The van der Waals surface area contributed by atoms with Gasteiger partial charge in [0.25, 0.3) is 0 Å². The second-order valence-corrected chi connectivity index (χ2v) is 9.19. The first-order valence-corrected chi connectivity index (χ1v) is 12.0. The summed E-state index contributed by atoms with van der Waals surface area (Å²) >= 11 is 0. The number of hydrogen-bond acceptors (Lipinski definition) is 6. The Morgan fingerprint density at radius 2 is 1.53 bits per heavy atom. The molecular formula is C30H23NO5. The maximum Gasteiger partial charge on any atom is 0.343 e. The van der Waals surface area contributed by atoms with E-state index in [2.05, 4.69) is 0 Å². The molecule has 1 heterocycles. The summed E-state index contributed by atoms with van der Waals surface area (Å²) in [6.45, 7) is 0. The van der Waals surface area contributed by atoms with E-state index in [1.54, 1.807) is 43.5 Å². The second-order valence-electron chi connectivity index (χ2n) is 9.19. The maximum absolute atomic E-state index is 13.5. The van der Waals surface area contributed by atoms with Crippen LogP contribution in [0.3, 0.4) is 0 Å². The predicted molar refractivity (Wildman–Crippen MR) is 134 cm³/mol. The molecule has 3 aromatic carbocycles. The summed E-state index contributed by atoms with van der Waals surface area (Å²) in [7, 11) is 1.56. The van der Waals surface area contributed by atoms with E-state index < -0.39 is 17.8 Å². The highest BCUT2D eigenvalue weighted by Gasteiger charge is 2.48. The quantitative estimate of drug-likeness (QED) is 0.375. The highest BCUT2D eigenvalue weighted by atomic mass is 16.5. The molecule has 6 heteroatoms. The van der Waals surface area contributed by atoms with Gasteiger partial charge in [-0.25, -0.2) is 4.79 Å². The van der Waals surface area contributed by atoms with E-state index in [-0.39, 0.29) is 11.6 Å². The van der Waals surface area contributed by atoms with Crippen molar-refractivity contribution >= 4 is 23.2 Å². The van der Waals surface area contributed by atoms with Crippen molar-refractivity contribution in [1.82, 2.24) is 0 Å². The van der Waals surface area contributed by atoms with E-state index in [4.69, 9.17) is 14.5 Å². The van der Waals surface area contributed by atoms with Gasteiger partial charge in [-0.2, -0.15) is 0 Å². The first-order chi connectivity index (χ1) is 17.5. The lowest BCUT2D eigenvalue weighted by molar-refractivity contribution is -0.116. The summed E-state index contributed by atoms with van der Waals surface area (Å²) in [6, 6.07) is 21.3. The number of carbonyl (C=O) groups excluding carboxylic acids is 3. The van der Waals surface area contributed by atoms with Crippen LogP contribution in [0.25, 0.3) is 0 Å². The van der Waals surface area contributed by atoms with Gasteiger partial charge in [-0.3, -0.25) is 14.6 Å². The van der Waals surface area contributed by atoms with E-state index in [9.17, 15) is 14.4 Å². The van der Waals surface area contributed by atoms with Gasteiger partial charge in [0.2, 0.25) is 0 Å². The Morgan fingerprint density at radius 3 is 2.25 bits per heavy atom. The fourth-order valence-corrected chi connectivity index (χ4v) is 5.44.